The lowest BCUT2D eigenvalue weighted by molar-refractivity contribution is -0.696. The van der Waals surface area contributed by atoms with Crippen LogP contribution in [-0.2, 0) is 32.2 Å². The second-order valence-corrected chi connectivity index (χ2v) is 4.78. The van der Waals surface area contributed by atoms with Crippen LogP contribution in [0.3, 0.4) is 0 Å². The Balaban J connectivity index is 2.16. The van der Waals surface area contributed by atoms with Gasteiger partial charge in [0.05, 0.1) is 13.0 Å². The van der Waals surface area contributed by atoms with Crippen LogP contribution >= 0.6 is 0 Å². The van der Waals surface area contributed by atoms with Gasteiger partial charge in [0.15, 0.2) is 0 Å². The van der Waals surface area contributed by atoms with Gasteiger partial charge < -0.3 is 9.47 Å². The van der Waals surface area contributed by atoms with Crippen molar-refractivity contribution in [3.8, 4) is 0 Å². The van der Waals surface area contributed by atoms with E-state index in [2.05, 4.69) is 18.1 Å². The minimum absolute atomic E-state index is 0.0530. The van der Waals surface area contributed by atoms with E-state index in [1.54, 1.807) is 6.92 Å². The van der Waals surface area contributed by atoms with Gasteiger partial charge in [-0.3, -0.25) is 4.79 Å². The molecule has 1 aromatic rings. The largest absolute Gasteiger partial charge is 0.462 e. The van der Waals surface area contributed by atoms with Gasteiger partial charge >= 0.3 is 11.9 Å². The monoisotopic (exact) mass is 295 g/mol. The van der Waals surface area contributed by atoms with Crippen molar-refractivity contribution < 1.29 is 23.6 Å². The first kappa shape index (κ1) is 16.9. The number of aryl methyl sites for hydroxylation is 2. The number of ether oxygens (including phenoxy) is 2. The maximum atomic E-state index is 11.5. The molecule has 0 aliphatic heterocycles. The van der Waals surface area contributed by atoms with E-state index in [-0.39, 0.29) is 25.6 Å². The molecule has 0 aliphatic rings. The van der Waals surface area contributed by atoms with Crippen molar-refractivity contribution >= 4 is 11.9 Å². The molecule has 0 atom stereocenters. The summed E-state index contributed by atoms with van der Waals surface area (Å²) in [4.78, 5) is 22.6. The van der Waals surface area contributed by atoms with E-state index in [1.807, 2.05) is 23.3 Å². The van der Waals surface area contributed by atoms with Crippen molar-refractivity contribution in [1.29, 1.82) is 0 Å². The van der Waals surface area contributed by atoms with Crippen molar-refractivity contribution in [1.82, 2.24) is 4.57 Å². The molecule has 21 heavy (non-hydrogen) atoms. The molecule has 0 amide bonds. The maximum Gasteiger partial charge on any atom is 0.333 e. The number of carbonyl (C=O) groups excluding carboxylic acids is 2. The van der Waals surface area contributed by atoms with Crippen molar-refractivity contribution in [3.05, 3.63) is 30.9 Å². The van der Waals surface area contributed by atoms with Gasteiger partial charge in [0.2, 0.25) is 6.33 Å². The summed E-state index contributed by atoms with van der Waals surface area (Å²) in [5.41, 5.74) is 0.328. The molecule has 0 aromatic carbocycles. The summed E-state index contributed by atoms with van der Waals surface area (Å²) in [5.74, 6) is -0.781. The topological polar surface area (TPSA) is 61.4 Å². The van der Waals surface area contributed by atoms with Crippen LogP contribution in [0, 0.1) is 0 Å². The molecule has 0 radical (unpaired) electrons. The Bertz CT molecular complexity index is 494. The second-order valence-electron chi connectivity index (χ2n) is 4.78. The Kier molecular flexibility index (Phi) is 7.21. The lowest BCUT2D eigenvalue weighted by atomic mass is 10.4. The lowest BCUT2D eigenvalue weighted by Crippen LogP contribution is -2.30. The molecule has 0 N–H and O–H groups in total. The summed E-state index contributed by atoms with van der Waals surface area (Å²) in [6, 6.07) is 0. The summed E-state index contributed by atoms with van der Waals surface area (Å²) >= 11 is 0. The Morgan fingerprint density at radius 2 is 2.00 bits per heavy atom. The molecule has 1 aromatic heterocycles. The first-order chi connectivity index (χ1) is 10.0. The number of hydrogen-bond acceptors (Lipinski definition) is 4. The summed E-state index contributed by atoms with van der Waals surface area (Å²) in [6.07, 6.45) is 7.23. The second kappa shape index (κ2) is 8.94. The summed E-state index contributed by atoms with van der Waals surface area (Å²) in [5, 5.41) is 0. The van der Waals surface area contributed by atoms with E-state index < -0.39 is 5.97 Å². The van der Waals surface area contributed by atoms with Gasteiger partial charge in [-0.1, -0.05) is 13.5 Å². The third-order valence-corrected chi connectivity index (χ3v) is 2.73. The van der Waals surface area contributed by atoms with Crippen LogP contribution in [0.25, 0.3) is 0 Å². The fourth-order valence-corrected chi connectivity index (χ4v) is 1.67. The average Bonchev–Trinajstić information content (AvgIpc) is 2.89. The molecule has 116 valence electrons. The summed E-state index contributed by atoms with van der Waals surface area (Å²) in [6.45, 7) is 8.80. The number of carbonyl (C=O) groups is 2. The van der Waals surface area contributed by atoms with Gasteiger partial charge in [0, 0.05) is 5.57 Å². The molecule has 1 rings (SSSR count). The maximum absolute atomic E-state index is 11.5. The van der Waals surface area contributed by atoms with Gasteiger partial charge in [-0.15, -0.1) is 0 Å². The molecule has 1 heterocycles. The van der Waals surface area contributed by atoms with Crippen LogP contribution in [0.15, 0.2) is 30.9 Å². The third kappa shape index (κ3) is 6.74. The number of hydrogen-bond donors (Lipinski definition) is 0. The highest BCUT2D eigenvalue weighted by atomic mass is 16.6. The van der Waals surface area contributed by atoms with Crippen molar-refractivity contribution in [2.45, 2.75) is 39.8 Å². The van der Waals surface area contributed by atoms with Crippen LogP contribution in [0.1, 0.15) is 26.7 Å². The van der Waals surface area contributed by atoms with Crippen LogP contribution in [0.5, 0.6) is 0 Å². The fraction of sp³-hybridized carbons (Fsp3) is 0.533. The quantitative estimate of drug-likeness (QED) is 0.298. The third-order valence-electron chi connectivity index (χ3n) is 2.73. The van der Waals surface area contributed by atoms with Crippen molar-refractivity contribution in [2.75, 3.05) is 13.2 Å². The van der Waals surface area contributed by atoms with Crippen LogP contribution < -0.4 is 4.57 Å². The molecule has 0 unspecified atom stereocenters. The average molecular weight is 295 g/mol. The van der Waals surface area contributed by atoms with E-state index in [1.165, 1.54) is 0 Å². The van der Waals surface area contributed by atoms with Crippen molar-refractivity contribution in [2.24, 2.45) is 0 Å². The zero-order valence-electron chi connectivity index (χ0n) is 12.7. The van der Waals surface area contributed by atoms with Crippen LogP contribution in [0.2, 0.25) is 0 Å². The molecule has 0 bridgehead atoms. The van der Waals surface area contributed by atoms with Gasteiger partial charge in [-0.05, 0) is 13.3 Å². The van der Waals surface area contributed by atoms with Crippen molar-refractivity contribution in [3.63, 3.8) is 0 Å². The predicted molar refractivity (Wildman–Crippen MR) is 76.3 cm³/mol. The van der Waals surface area contributed by atoms with Gasteiger partial charge in [0.25, 0.3) is 0 Å². The zero-order chi connectivity index (χ0) is 15.7. The molecule has 0 fully saturated rings. The van der Waals surface area contributed by atoms with E-state index in [0.717, 1.165) is 13.0 Å². The molecular formula is C15H23N2O4+. The van der Waals surface area contributed by atoms with Gasteiger partial charge in [-0.25, -0.2) is 13.9 Å². The molecule has 6 nitrogen and oxygen atoms in total. The Morgan fingerprint density at radius 1 is 1.29 bits per heavy atom. The Morgan fingerprint density at radius 3 is 2.67 bits per heavy atom. The summed E-state index contributed by atoms with van der Waals surface area (Å²) < 4.78 is 13.8. The zero-order valence-corrected chi connectivity index (χ0v) is 12.7. The molecule has 0 aliphatic carbocycles. The molecule has 0 saturated heterocycles. The highest BCUT2D eigenvalue weighted by Crippen LogP contribution is 1.95. The molecule has 0 spiro atoms. The molecular weight excluding hydrogens is 272 g/mol. The normalized spacial score (nSPS) is 10.2. The number of imidazole rings is 1. The number of esters is 2. The van der Waals surface area contributed by atoms with E-state index >= 15 is 0 Å². The first-order valence-electron chi connectivity index (χ1n) is 7.06. The van der Waals surface area contributed by atoms with Crippen LogP contribution in [0.4, 0.5) is 0 Å². The lowest BCUT2D eigenvalue weighted by Gasteiger charge is -2.05. The van der Waals surface area contributed by atoms with E-state index in [9.17, 15) is 9.59 Å². The van der Waals surface area contributed by atoms with Gasteiger partial charge in [-0.2, -0.15) is 0 Å². The highest BCUT2D eigenvalue weighted by Gasteiger charge is 2.09. The Hall–Kier alpha value is -2.11. The number of aromatic nitrogens is 2. The smallest absolute Gasteiger partial charge is 0.333 e. The SMILES string of the molecule is C=C(C)C(=O)OCCOC(=O)CCn1cc[n+](CCC)c1. The molecule has 6 heteroatoms. The van der Waals surface area contributed by atoms with Crippen LogP contribution in [-0.4, -0.2) is 29.7 Å². The minimum atomic E-state index is -0.473. The summed E-state index contributed by atoms with van der Waals surface area (Å²) in [7, 11) is 0. The molecule has 0 saturated carbocycles. The number of nitrogens with zero attached hydrogens (tertiary/aromatic N) is 2. The van der Waals surface area contributed by atoms with E-state index in [0.29, 0.717) is 12.1 Å². The van der Waals surface area contributed by atoms with E-state index in [4.69, 9.17) is 9.47 Å². The first-order valence-corrected chi connectivity index (χ1v) is 7.06. The fourth-order valence-electron chi connectivity index (χ4n) is 1.67. The van der Waals surface area contributed by atoms with Gasteiger partial charge in [0.1, 0.15) is 32.2 Å². The highest BCUT2D eigenvalue weighted by molar-refractivity contribution is 5.86. The predicted octanol–water partition coefficient (Wildman–Crippen LogP) is 1.24. The Labute approximate surface area is 125 Å². The standard InChI is InChI=1S/C15H23N2O4/c1-4-6-16-8-9-17(12-16)7-5-14(18)20-10-11-21-15(19)13(2)3/h8-9,12H,2,4-7,10-11H2,1,3H3/q+1. The minimum Gasteiger partial charge on any atom is -0.462 e. The number of rotatable bonds is 9.